The van der Waals surface area contributed by atoms with Gasteiger partial charge in [0.2, 0.25) is 5.91 Å². The highest BCUT2D eigenvalue weighted by Gasteiger charge is 2.43. The number of fused-ring (bicyclic) bond motifs is 4. The van der Waals surface area contributed by atoms with Crippen molar-refractivity contribution >= 4 is 22.8 Å². The van der Waals surface area contributed by atoms with Gasteiger partial charge in [-0.25, -0.2) is 9.78 Å². The van der Waals surface area contributed by atoms with Gasteiger partial charge in [-0.3, -0.25) is 18.7 Å². The molecule has 1 amide bonds. The molecule has 4 heterocycles. The van der Waals surface area contributed by atoms with Gasteiger partial charge in [0.15, 0.2) is 11.2 Å². The number of aromatic nitrogens is 4. The number of carbonyl (C=O) groups is 1. The van der Waals surface area contributed by atoms with E-state index in [1.165, 1.54) is 29.1 Å². The van der Waals surface area contributed by atoms with Crippen molar-refractivity contribution < 1.29 is 4.79 Å². The lowest BCUT2D eigenvalue weighted by Crippen LogP contribution is -2.48. The summed E-state index contributed by atoms with van der Waals surface area (Å²) in [7, 11) is 5.13. The summed E-state index contributed by atoms with van der Waals surface area (Å²) in [4.78, 5) is 47.0. The maximum Gasteiger partial charge on any atom is 0.332 e. The highest BCUT2D eigenvalue weighted by atomic mass is 16.2. The van der Waals surface area contributed by atoms with E-state index in [0.717, 1.165) is 29.8 Å². The van der Waals surface area contributed by atoms with Crippen LogP contribution in [0.1, 0.15) is 23.5 Å². The molecule has 0 aliphatic carbocycles. The first-order valence-electron chi connectivity index (χ1n) is 10.5. The monoisotopic (exact) mass is 422 g/mol. The number of likely N-dealkylation sites (N-methyl/N-ethyl adjacent to an activating group) is 1. The van der Waals surface area contributed by atoms with Gasteiger partial charge in [-0.2, -0.15) is 0 Å². The second-order valence-electron chi connectivity index (χ2n) is 8.80. The first-order valence-corrected chi connectivity index (χ1v) is 10.5. The summed E-state index contributed by atoms with van der Waals surface area (Å²) in [6.45, 7) is 3.93. The van der Waals surface area contributed by atoms with Gasteiger partial charge in [0.1, 0.15) is 6.54 Å². The summed E-state index contributed by atoms with van der Waals surface area (Å²) < 4.78 is 3.94. The fourth-order valence-electron chi connectivity index (χ4n) is 5.14. The van der Waals surface area contributed by atoms with Crippen molar-refractivity contribution in [3.63, 3.8) is 0 Å². The minimum atomic E-state index is -0.446. The zero-order chi connectivity index (χ0) is 22.0. The van der Waals surface area contributed by atoms with Crippen LogP contribution in [-0.4, -0.2) is 55.7 Å². The van der Waals surface area contributed by atoms with Gasteiger partial charge in [0.05, 0.1) is 6.33 Å². The van der Waals surface area contributed by atoms with E-state index in [1.807, 2.05) is 17.0 Å². The van der Waals surface area contributed by atoms with Gasteiger partial charge in [0.25, 0.3) is 5.56 Å². The van der Waals surface area contributed by atoms with Crippen molar-refractivity contribution in [2.24, 2.45) is 14.1 Å². The Morgan fingerprint density at radius 3 is 2.71 bits per heavy atom. The molecule has 162 valence electrons. The zero-order valence-electron chi connectivity index (χ0n) is 18.2. The number of carbonyl (C=O) groups excluding carboxylic acids is 1. The highest BCUT2D eigenvalue weighted by Crippen LogP contribution is 2.45. The third kappa shape index (κ3) is 2.87. The Balaban J connectivity index is 1.56. The van der Waals surface area contributed by atoms with Gasteiger partial charge < -0.3 is 14.4 Å². The van der Waals surface area contributed by atoms with Crippen molar-refractivity contribution in [3.05, 3.63) is 56.5 Å². The van der Waals surface area contributed by atoms with Crippen LogP contribution in [0.15, 0.2) is 34.1 Å². The van der Waals surface area contributed by atoms with Crippen molar-refractivity contribution in [2.75, 3.05) is 25.0 Å². The predicted molar refractivity (Wildman–Crippen MR) is 118 cm³/mol. The van der Waals surface area contributed by atoms with Crippen LogP contribution in [0.5, 0.6) is 0 Å². The first-order chi connectivity index (χ1) is 14.8. The van der Waals surface area contributed by atoms with E-state index in [2.05, 4.69) is 29.9 Å². The number of amides is 1. The fraction of sp³-hybridized carbons (Fsp3) is 0.455. The molecule has 9 heteroatoms. The number of benzene rings is 1. The molecule has 0 unspecified atom stereocenters. The molecule has 2 atom stereocenters. The molecule has 0 N–H and O–H groups in total. The number of imidazole rings is 1. The number of piperidine rings is 1. The van der Waals surface area contributed by atoms with Crippen LogP contribution in [0.25, 0.3) is 11.2 Å². The normalized spacial score (nSPS) is 20.8. The highest BCUT2D eigenvalue weighted by molar-refractivity contribution is 5.97. The van der Waals surface area contributed by atoms with Crippen molar-refractivity contribution in [3.8, 4) is 0 Å². The lowest BCUT2D eigenvalue weighted by molar-refractivity contribution is -0.119. The van der Waals surface area contributed by atoms with Gasteiger partial charge in [-0.05, 0) is 38.6 Å². The quantitative estimate of drug-likeness (QED) is 0.603. The minimum Gasteiger partial charge on any atom is -0.315 e. The van der Waals surface area contributed by atoms with E-state index in [-0.39, 0.29) is 35.6 Å². The average Bonchev–Trinajstić information content (AvgIpc) is 3.29. The molecule has 9 nitrogen and oxygen atoms in total. The van der Waals surface area contributed by atoms with Gasteiger partial charge >= 0.3 is 5.69 Å². The van der Waals surface area contributed by atoms with Crippen molar-refractivity contribution in [1.82, 2.24) is 23.6 Å². The third-order valence-corrected chi connectivity index (χ3v) is 6.74. The number of hydrogen-bond acceptors (Lipinski definition) is 5. The maximum atomic E-state index is 13.6. The number of nitrogens with zero attached hydrogens (tertiary/aromatic N) is 6. The van der Waals surface area contributed by atoms with Crippen LogP contribution in [0.4, 0.5) is 5.69 Å². The second kappa shape index (κ2) is 6.91. The number of anilines is 1. The topological polar surface area (TPSA) is 85.4 Å². The third-order valence-electron chi connectivity index (χ3n) is 6.74. The van der Waals surface area contributed by atoms with Gasteiger partial charge in [0, 0.05) is 38.3 Å². The maximum absolute atomic E-state index is 13.6. The van der Waals surface area contributed by atoms with Crippen molar-refractivity contribution in [1.29, 1.82) is 0 Å². The summed E-state index contributed by atoms with van der Waals surface area (Å²) in [6, 6.07) is 6.38. The fourth-order valence-corrected chi connectivity index (χ4v) is 5.14. The van der Waals surface area contributed by atoms with Crippen LogP contribution in [0, 0.1) is 6.92 Å². The van der Waals surface area contributed by atoms with Crippen molar-refractivity contribution in [2.45, 2.75) is 31.8 Å². The minimum absolute atomic E-state index is 0.00365. The largest absolute Gasteiger partial charge is 0.332 e. The summed E-state index contributed by atoms with van der Waals surface area (Å²) in [6.07, 6.45) is 2.38. The molecule has 31 heavy (non-hydrogen) atoms. The first kappa shape index (κ1) is 19.7. The molecule has 0 spiro atoms. The summed E-state index contributed by atoms with van der Waals surface area (Å²) in [5, 5.41) is 0. The van der Waals surface area contributed by atoms with Crippen LogP contribution < -0.4 is 16.1 Å². The summed E-state index contributed by atoms with van der Waals surface area (Å²) >= 11 is 0. The van der Waals surface area contributed by atoms with E-state index in [1.54, 1.807) is 11.6 Å². The molecule has 3 aromatic rings. The Morgan fingerprint density at radius 1 is 1.16 bits per heavy atom. The van der Waals surface area contributed by atoms with E-state index < -0.39 is 11.2 Å². The SMILES string of the molecule is Cc1ccc2c(c1)[C@@H]1CN(C)CC[C@@H]1N2C(=O)Cn1cnc2c1c(=O)n(C)c(=O)n2C. The lowest BCUT2D eigenvalue weighted by atomic mass is 9.89. The smallest absolute Gasteiger partial charge is 0.315 e. The van der Waals surface area contributed by atoms with E-state index in [4.69, 9.17) is 0 Å². The molecule has 0 bridgehead atoms. The Morgan fingerprint density at radius 2 is 1.94 bits per heavy atom. The van der Waals surface area contributed by atoms with E-state index in [9.17, 15) is 14.4 Å². The molecule has 1 saturated heterocycles. The molecule has 5 rings (SSSR count). The average molecular weight is 422 g/mol. The van der Waals surface area contributed by atoms with Gasteiger partial charge in [-0.15, -0.1) is 0 Å². The molecule has 2 aromatic heterocycles. The second-order valence-corrected chi connectivity index (χ2v) is 8.80. The van der Waals surface area contributed by atoms with E-state index in [0.29, 0.717) is 0 Å². The molecule has 0 saturated carbocycles. The van der Waals surface area contributed by atoms with Crippen LogP contribution in [0.2, 0.25) is 0 Å². The summed E-state index contributed by atoms with van der Waals surface area (Å²) in [5.74, 6) is 0.211. The standard InChI is InChI=1S/C22H26N6O3/c1-13-5-6-16-14(9-13)15-10-24(2)8-7-17(15)28(16)18(29)11-27-12-23-20-19(27)21(30)26(4)22(31)25(20)3/h5-6,9,12,15,17H,7-8,10-11H2,1-4H3/t15-,17-/m0/s1. The molecule has 2 aliphatic rings. The number of likely N-dealkylation sites (tertiary alicyclic amines) is 1. The molecular weight excluding hydrogens is 396 g/mol. The molecule has 2 aliphatic heterocycles. The van der Waals surface area contributed by atoms with Crippen LogP contribution in [0.3, 0.4) is 0 Å². The molecule has 1 fully saturated rings. The number of hydrogen-bond donors (Lipinski definition) is 0. The molecule has 1 aromatic carbocycles. The Hall–Kier alpha value is -3.20. The Labute approximate surface area is 179 Å². The molecule has 0 radical (unpaired) electrons. The Kier molecular flexibility index (Phi) is 4.40. The summed E-state index contributed by atoms with van der Waals surface area (Å²) in [5.41, 5.74) is 3.04. The zero-order valence-corrected chi connectivity index (χ0v) is 18.2. The number of aryl methyl sites for hydroxylation is 2. The van der Waals surface area contributed by atoms with Crippen LogP contribution in [-0.2, 0) is 25.4 Å². The number of rotatable bonds is 2. The Bertz CT molecular complexity index is 1330. The van der Waals surface area contributed by atoms with Crippen LogP contribution >= 0.6 is 0 Å². The predicted octanol–water partition coefficient (Wildman–Crippen LogP) is 0.577. The van der Waals surface area contributed by atoms with E-state index >= 15 is 0 Å². The molecular formula is C22H26N6O3. The lowest BCUT2D eigenvalue weighted by Gasteiger charge is -2.36. The van der Waals surface area contributed by atoms with Gasteiger partial charge in [-0.1, -0.05) is 17.7 Å².